The van der Waals surface area contributed by atoms with Gasteiger partial charge in [0.2, 0.25) is 0 Å². The van der Waals surface area contributed by atoms with Gasteiger partial charge in [0.25, 0.3) is 0 Å². The molecule has 0 radical (unpaired) electrons. The Hall–Kier alpha value is -1.89. The van der Waals surface area contributed by atoms with Crippen molar-refractivity contribution in [3.05, 3.63) is 23.3 Å². The molecule has 0 aliphatic carbocycles. The zero-order valence-electron chi connectivity index (χ0n) is 9.03. The fraction of sp³-hybridized carbons (Fsp3) is 0.300. The Morgan fingerprint density at radius 1 is 1.41 bits per heavy atom. The number of rotatable bonds is 3. The Balaban J connectivity index is 3.40. The molecule has 1 aromatic carbocycles. The highest BCUT2D eigenvalue weighted by atomic mass is 19.2. The summed E-state index contributed by atoms with van der Waals surface area (Å²) in [7, 11) is 2.07. The number of methoxy groups -OCH3 is 2. The summed E-state index contributed by atoms with van der Waals surface area (Å²) in [4.78, 5) is 11.0. The average Bonchev–Trinajstić information content (AvgIpc) is 2.32. The molecule has 0 bridgehead atoms. The van der Waals surface area contributed by atoms with Crippen LogP contribution in [0.25, 0.3) is 0 Å². The van der Waals surface area contributed by atoms with Gasteiger partial charge in [-0.25, -0.2) is 13.6 Å². The maximum absolute atomic E-state index is 13.4. The number of esters is 1. The number of phenols is 1. The Morgan fingerprint density at radius 2 is 2.00 bits per heavy atom. The summed E-state index contributed by atoms with van der Waals surface area (Å²) in [5.74, 6) is -5.39. The van der Waals surface area contributed by atoms with Gasteiger partial charge in [0.15, 0.2) is 29.2 Å². The van der Waals surface area contributed by atoms with Crippen molar-refractivity contribution in [1.29, 1.82) is 0 Å². The van der Waals surface area contributed by atoms with Crippen molar-refractivity contribution in [2.45, 2.75) is 6.10 Å². The van der Waals surface area contributed by atoms with Crippen molar-refractivity contribution in [3.63, 3.8) is 0 Å². The quantitative estimate of drug-likeness (QED) is 0.777. The van der Waals surface area contributed by atoms with E-state index in [0.717, 1.165) is 14.2 Å². The molecule has 0 fully saturated rings. The van der Waals surface area contributed by atoms with Crippen molar-refractivity contribution in [3.8, 4) is 11.5 Å². The molecule has 1 atom stereocenters. The summed E-state index contributed by atoms with van der Waals surface area (Å²) in [6.07, 6.45) is -2.13. The predicted octanol–water partition coefficient (Wildman–Crippen LogP) is 0.885. The molecule has 7 heteroatoms. The first-order valence-electron chi connectivity index (χ1n) is 4.44. The second-order valence-corrected chi connectivity index (χ2v) is 3.06. The van der Waals surface area contributed by atoms with Crippen LogP contribution in [0, 0.1) is 11.6 Å². The number of carbonyl (C=O) groups excluding carboxylic acids is 1. The number of benzene rings is 1. The summed E-state index contributed by atoms with van der Waals surface area (Å²) in [5.41, 5.74) is -0.922. The van der Waals surface area contributed by atoms with Crippen LogP contribution in [0.5, 0.6) is 11.5 Å². The number of ether oxygens (including phenoxy) is 2. The fourth-order valence-corrected chi connectivity index (χ4v) is 1.25. The zero-order chi connectivity index (χ0) is 13.2. The van der Waals surface area contributed by atoms with Crippen LogP contribution < -0.4 is 4.74 Å². The van der Waals surface area contributed by atoms with Gasteiger partial charge in [0.1, 0.15) is 0 Å². The van der Waals surface area contributed by atoms with E-state index < -0.39 is 40.8 Å². The number of hydrogen-bond donors (Lipinski definition) is 2. The minimum absolute atomic E-state index is 0.401. The van der Waals surface area contributed by atoms with E-state index in [2.05, 4.69) is 9.47 Å². The van der Waals surface area contributed by atoms with E-state index in [1.54, 1.807) is 0 Å². The Morgan fingerprint density at radius 3 is 2.47 bits per heavy atom. The zero-order valence-corrected chi connectivity index (χ0v) is 9.03. The van der Waals surface area contributed by atoms with E-state index >= 15 is 0 Å². The third-order valence-corrected chi connectivity index (χ3v) is 2.11. The highest BCUT2D eigenvalue weighted by molar-refractivity contribution is 5.77. The van der Waals surface area contributed by atoms with Crippen LogP contribution in [0.1, 0.15) is 11.7 Å². The highest BCUT2D eigenvalue weighted by Gasteiger charge is 2.29. The Labute approximate surface area is 95.2 Å². The van der Waals surface area contributed by atoms with Gasteiger partial charge in [-0.2, -0.15) is 0 Å². The molecule has 0 aromatic heterocycles. The number of carbonyl (C=O) groups is 1. The number of aliphatic hydroxyl groups is 1. The van der Waals surface area contributed by atoms with E-state index in [9.17, 15) is 23.8 Å². The molecule has 5 nitrogen and oxygen atoms in total. The molecule has 1 rings (SSSR count). The van der Waals surface area contributed by atoms with Crippen molar-refractivity contribution >= 4 is 5.97 Å². The van der Waals surface area contributed by atoms with E-state index in [-0.39, 0.29) is 0 Å². The molecule has 1 unspecified atom stereocenters. The smallest absolute Gasteiger partial charge is 0.339 e. The van der Waals surface area contributed by atoms with Gasteiger partial charge in [0.05, 0.1) is 19.8 Å². The van der Waals surface area contributed by atoms with Crippen molar-refractivity contribution in [2.75, 3.05) is 14.2 Å². The van der Waals surface area contributed by atoms with Gasteiger partial charge >= 0.3 is 5.97 Å². The van der Waals surface area contributed by atoms with Crippen LogP contribution in [-0.4, -0.2) is 30.4 Å². The van der Waals surface area contributed by atoms with Crippen LogP contribution >= 0.6 is 0 Å². The summed E-state index contributed by atoms with van der Waals surface area (Å²) in [5, 5.41) is 18.9. The molecule has 0 aliphatic heterocycles. The third kappa shape index (κ3) is 2.28. The van der Waals surface area contributed by atoms with Crippen LogP contribution in [0.4, 0.5) is 8.78 Å². The molecule has 0 amide bonds. The maximum atomic E-state index is 13.4. The molecule has 0 spiro atoms. The second-order valence-electron chi connectivity index (χ2n) is 3.06. The molecule has 1 aromatic rings. The first kappa shape index (κ1) is 13.2. The lowest BCUT2D eigenvalue weighted by Crippen LogP contribution is -2.16. The number of phenolic OH excluding ortho intramolecular Hbond substituents is 1. The summed E-state index contributed by atoms with van der Waals surface area (Å²) in [6.45, 7) is 0. The normalized spacial score (nSPS) is 12.1. The minimum atomic E-state index is -2.13. The lowest BCUT2D eigenvalue weighted by atomic mass is 10.1. The number of halogens is 2. The maximum Gasteiger partial charge on any atom is 0.339 e. The molecular formula is C10H10F2O5. The monoisotopic (exact) mass is 248 g/mol. The summed E-state index contributed by atoms with van der Waals surface area (Å²) >= 11 is 0. The first-order valence-corrected chi connectivity index (χ1v) is 4.44. The van der Waals surface area contributed by atoms with Gasteiger partial charge in [0, 0.05) is 6.07 Å². The van der Waals surface area contributed by atoms with Gasteiger partial charge in [-0.1, -0.05) is 0 Å². The number of aliphatic hydroxyl groups excluding tert-OH is 1. The standard InChI is InChI=1S/C10H10F2O5/c1-16-5-3-4(11)7(12)6(8(5)13)9(14)10(15)17-2/h3,9,13-14H,1-2H3. The van der Waals surface area contributed by atoms with Crippen LogP contribution in [0.2, 0.25) is 0 Å². The molecule has 17 heavy (non-hydrogen) atoms. The van der Waals surface area contributed by atoms with Gasteiger partial charge in [-0.3, -0.25) is 0 Å². The van der Waals surface area contributed by atoms with Gasteiger partial charge < -0.3 is 19.7 Å². The SMILES string of the molecule is COC(=O)C(O)c1c(O)c(OC)cc(F)c1F. The third-order valence-electron chi connectivity index (χ3n) is 2.11. The Kier molecular flexibility index (Phi) is 3.84. The van der Waals surface area contributed by atoms with Crippen LogP contribution in [0.3, 0.4) is 0 Å². The van der Waals surface area contributed by atoms with E-state index in [1.165, 1.54) is 0 Å². The lowest BCUT2D eigenvalue weighted by molar-refractivity contribution is -0.151. The van der Waals surface area contributed by atoms with E-state index in [4.69, 9.17) is 0 Å². The molecular weight excluding hydrogens is 238 g/mol. The van der Waals surface area contributed by atoms with Crippen molar-refractivity contribution < 1.29 is 33.3 Å². The van der Waals surface area contributed by atoms with Crippen LogP contribution in [-0.2, 0) is 9.53 Å². The molecule has 0 saturated heterocycles. The van der Waals surface area contributed by atoms with Crippen molar-refractivity contribution in [2.24, 2.45) is 0 Å². The Bertz CT molecular complexity index is 447. The highest BCUT2D eigenvalue weighted by Crippen LogP contribution is 2.37. The predicted molar refractivity (Wildman–Crippen MR) is 51.6 cm³/mol. The molecule has 94 valence electrons. The van der Waals surface area contributed by atoms with Crippen LogP contribution in [0.15, 0.2) is 6.07 Å². The molecule has 0 saturated carbocycles. The van der Waals surface area contributed by atoms with E-state index in [0.29, 0.717) is 6.07 Å². The fourth-order valence-electron chi connectivity index (χ4n) is 1.25. The molecule has 0 aliphatic rings. The largest absolute Gasteiger partial charge is 0.504 e. The second kappa shape index (κ2) is 4.96. The van der Waals surface area contributed by atoms with Gasteiger partial charge in [-0.15, -0.1) is 0 Å². The summed E-state index contributed by atoms with van der Waals surface area (Å²) in [6, 6.07) is 0.595. The number of hydrogen-bond acceptors (Lipinski definition) is 5. The number of aromatic hydroxyl groups is 1. The summed E-state index contributed by atoms with van der Waals surface area (Å²) < 4.78 is 35.2. The topological polar surface area (TPSA) is 76.0 Å². The first-order chi connectivity index (χ1) is 7.93. The van der Waals surface area contributed by atoms with E-state index in [1.807, 2.05) is 0 Å². The van der Waals surface area contributed by atoms with Crippen molar-refractivity contribution in [1.82, 2.24) is 0 Å². The minimum Gasteiger partial charge on any atom is -0.504 e. The average molecular weight is 248 g/mol. The molecule has 2 N–H and O–H groups in total. The van der Waals surface area contributed by atoms with Gasteiger partial charge in [-0.05, 0) is 0 Å². The molecule has 0 heterocycles. The lowest BCUT2D eigenvalue weighted by Gasteiger charge is -2.14.